The molecule has 0 unspecified atom stereocenters. The van der Waals surface area contributed by atoms with Crippen LogP contribution in [-0.2, 0) is 26.0 Å². The summed E-state index contributed by atoms with van der Waals surface area (Å²) in [5, 5.41) is 13.4. The van der Waals surface area contributed by atoms with Crippen LogP contribution in [0.15, 0.2) is 47.6 Å². The minimum Gasteiger partial charge on any atom is -0.486 e. The number of β-amino-alcohol motifs (C(OH)–C–C–N with tert-alkyl or cyclic N) is 1. The number of nitrogens with one attached hydrogen (secondary N) is 1. The average Bonchev–Trinajstić information content (AvgIpc) is 3.45. The molecule has 9 nitrogen and oxygen atoms in total. The Hall–Kier alpha value is -3.30. The number of aliphatic hydroxyl groups excluding tert-OH is 1. The van der Waals surface area contributed by atoms with E-state index in [1.165, 1.54) is 56.0 Å². The lowest BCUT2D eigenvalue weighted by Crippen LogP contribution is -2.42. The molecule has 2 N–H and O–H groups in total. The molecule has 196 valence electrons. The SMILES string of the molecule is O=C(NC[C@H](O)CN1CCc2cc(OCc3cnco3)ccc2C1)c1cc(CC2CCCCC2)ncn1. The van der Waals surface area contributed by atoms with E-state index < -0.39 is 6.10 Å². The highest BCUT2D eigenvalue weighted by Crippen LogP contribution is 2.27. The topological polar surface area (TPSA) is 114 Å². The Morgan fingerprint density at radius 2 is 2.08 bits per heavy atom. The van der Waals surface area contributed by atoms with E-state index in [0.29, 0.717) is 30.5 Å². The van der Waals surface area contributed by atoms with Crippen molar-refractivity contribution >= 4 is 5.91 Å². The van der Waals surface area contributed by atoms with Gasteiger partial charge in [0.05, 0.1) is 12.3 Å². The van der Waals surface area contributed by atoms with Crippen LogP contribution in [-0.4, -0.2) is 56.6 Å². The normalized spacial score (nSPS) is 17.2. The minimum atomic E-state index is -0.668. The van der Waals surface area contributed by atoms with E-state index in [1.807, 2.05) is 6.07 Å². The average molecular weight is 506 g/mol. The molecule has 37 heavy (non-hydrogen) atoms. The summed E-state index contributed by atoms with van der Waals surface area (Å²) < 4.78 is 11.0. The predicted molar refractivity (Wildman–Crippen MR) is 137 cm³/mol. The van der Waals surface area contributed by atoms with Gasteiger partial charge < -0.3 is 19.6 Å². The maximum atomic E-state index is 12.7. The van der Waals surface area contributed by atoms with Crippen LogP contribution in [0, 0.1) is 5.92 Å². The lowest BCUT2D eigenvalue weighted by molar-refractivity contribution is 0.0837. The Morgan fingerprint density at radius 1 is 1.19 bits per heavy atom. The fraction of sp³-hybridized carbons (Fsp3) is 0.500. The fourth-order valence-corrected chi connectivity index (χ4v) is 5.29. The third kappa shape index (κ3) is 7.14. The molecule has 3 aromatic rings. The molecule has 0 spiro atoms. The van der Waals surface area contributed by atoms with Crippen LogP contribution >= 0.6 is 0 Å². The van der Waals surface area contributed by atoms with E-state index in [1.54, 1.807) is 12.3 Å². The number of amides is 1. The van der Waals surface area contributed by atoms with Gasteiger partial charge in [-0.3, -0.25) is 9.69 Å². The highest BCUT2D eigenvalue weighted by atomic mass is 16.5. The van der Waals surface area contributed by atoms with Crippen molar-refractivity contribution < 1.29 is 19.1 Å². The molecule has 1 aliphatic heterocycles. The number of fused-ring (bicyclic) bond motifs is 1. The summed E-state index contributed by atoms with van der Waals surface area (Å²) in [4.78, 5) is 27.3. The first-order chi connectivity index (χ1) is 18.1. The Balaban J connectivity index is 1.07. The summed E-state index contributed by atoms with van der Waals surface area (Å²) in [7, 11) is 0. The third-order valence-electron chi connectivity index (χ3n) is 7.28. The van der Waals surface area contributed by atoms with Crippen molar-refractivity contribution in [2.24, 2.45) is 5.92 Å². The van der Waals surface area contributed by atoms with Gasteiger partial charge >= 0.3 is 0 Å². The quantitative estimate of drug-likeness (QED) is 0.431. The molecule has 1 amide bonds. The molecule has 1 aromatic carbocycles. The van der Waals surface area contributed by atoms with Gasteiger partial charge in [-0.2, -0.15) is 0 Å². The van der Waals surface area contributed by atoms with Gasteiger partial charge in [0.1, 0.15) is 24.4 Å². The number of benzene rings is 1. The first-order valence-electron chi connectivity index (χ1n) is 13.2. The fourth-order valence-electron chi connectivity index (χ4n) is 5.29. The molecule has 9 heteroatoms. The van der Waals surface area contributed by atoms with Crippen molar-refractivity contribution in [2.75, 3.05) is 19.6 Å². The molecular weight excluding hydrogens is 470 g/mol. The second kappa shape index (κ2) is 12.3. The van der Waals surface area contributed by atoms with Crippen molar-refractivity contribution in [1.82, 2.24) is 25.2 Å². The number of aromatic nitrogens is 3. The van der Waals surface area contributed by atoms with Crippen LogP contribution in [0.1, 0.15) is 65.2 Å². The summed E-state index contributed by atoms with van der Waals surface area (Å²) >= 11 is 0. The molecule has 5 rings (SSSR count). The first-order valence-corrected chi connectivity index (χ1v) is 13.2. The van der Waals surface area contributed by atoms with E-state index in [0.717, 1.165) is 37.4 Å². The Bertz CT molecular complexity index is 1160. The van der Waals surface area contributed by atoms with Crippen LogP contribution < -0.4 is 10.1 Å². The van der Waals surface area contributed by atoms with Gasteiger partial charge in [-0.05, 0) is 48.1 Å². The van der Waals surface area contributed by atoms with Crippen LogP contribution in [0.5, 0.6) is 5.75 Å². The molecule has 3 heterocycles. The van der Waals surface area contributed by atoms with Crippen molar-refractivity contribution in [1.29, 1.82) is 0 Å². The number of aliphatic hydroxyl groups is 1. The molecule has 1 saturated carbocycles. The Kier molecular flexibility index (Phi) is 8.42. The zero-order valence-electron chi connectivity index (χ0n) is 21.1. The smallest absolute Gasteiger partial charge is 0.270 e. The number of oxazole rings is 1. The molecule has 0 saturated heterocycles. The zero-order valence-corrected chi connectivity index (χ0v) is 21.1. The summed E-state index contributed by atoms with van der Waals surface area (Å²) in [6.07, 6.45) is 12.0. The number of carbonyl (C=O) groups is 1. The van der Waals surface area contributed by atoms with Crippen LogP contribution in [0.25, 0.3) is 0 Å². The number of ether oxygens (including phenoxy) is 1. The maximum Gasteiger partial charge on any atom is 0.270 e. The van der Waals surface area contributed by atoms with Gasteiger partial charge in [0, 0.05) is 31.9 Å². The van der Waals surface area contributed by atoms with Gasteiger partial charge in [0.25, 0.3) is 5.91 Å². The molecule has 1 atom stereocenters. The van der Waals surface area contributed by atoms with Crippen molar-refractivity contribution in [3.8, 4) is 5.75 Å². The molecule has 0 bridgehead atoms. The Labute approximate surface area is 217 Å². The van der Waals surface area contributed by atoms with Gasteiger partial charge in [0.15, 0.2) is 12.2 Å². The van der Waals surface area contributed by atoms with Crippen LogP contribution in [0.2, 0.25) is 0 Å². The number of hydrogen-bond acceptors (Lipinski definition) is 8. The predicted octanol–water partition coefficient (Wildman–Crippen LogP) is 3.32. The number of rotatable bonds is 10. The second-order valence-corrected chi connectivity index (χ2v) is 10.1. The second-order valence-electron chi connectivity index (χ2n) is 10.1. The molecular formula is C28H35N5O4. The van der Waals surface area contributed by atoms with E-state index in [4.69, 9.17) is 9.15 Å². The highest BCUT2D eigenvalue weighted by Gasteiger charge is 2.21. The van der Waals surface area contributed by atoms with E-state index in [2.05, 4.69) is 37.3 Å². The minimum absolute atomic E-state index is 0.179. The van der Waals surface area contributed by atoms with E-state index in [9.17, 15) is 9.90 Å². The molecule has 1 aliphatic carbocycles. The lowest BCUT2D eigenvalue weighted by Gasteiger charge is -2.30. The standard InChI is InChI=1S/C28H35N5O4/c34-24(13-30-28(35)27-12-23(31-18-32-27)10-20-4-2-1-3-5-20)16-33-9-8-21-11-25(7-6-22(21)15-33)36-17-26-14-29-19-37-26/h6-7,11-12,14,18-20,24,34H,1-5,8-10,13,15-17H2,(H,30,35)/t24-/m0/s1. The van der Waals surface area contributed by atoms with E-state index >= 15 is 0 Å². The highest BCUT2D eigenvalue weighted by molar-refractivity contribution is 5.92. The van der Waals surface area contributed by atoms with Crippen molar-refractivity contribution in [3.63, 3.8) is 0 Å². The molecule has 1 fully saturated rings. The zero-order chi connectivity index (χ0) is 25.5. The summed E-state index contributed by atoms with van der Waals surface area (Å²) in [6.45, 7) is 2.59. The van der Waals surface area contributed by atoms with Gasteiger partial charge in [-0.15, -0.1) is 0 Å². The number of carbonyl (C=O) groups excluding carboxylic acids is 1. The summed E-state index contributed by atoms with van der Waals surface area (Å²) in [5.74, 6) is 1.87. The number of hydrogen-bond donors (Lipinski definition) is 2. The monoisotopic (exact) mass is 505 g/mol. The van der Waals surface area contributed by atoms with Gasteiger partial charge in [0.2, 0.25) is 0 Å². The van der Waals surface area contributed by atoms with E-state index in [-0.39, 0.29) is 12.5 Å². The third-order valence-corrected chi connectivity index (χ3v) is 7.28. The molecule has 2 aliphatic rings. The van der Waals surface area contributed by atoms with Gasteiger partial charge in [-0.1, -0.05) is 38.2 Å². The van der Waals surface area contributed by atoms with Crippen molar-refractivity contribution in [3.05, 3.63) is 71.5 Å². The van der Waals surface area contributed by atoms with Crippen LogP contribution in [0.3, 0.4) is 0 Å². The van der Waals surface area contributed by atoms with Crippen LogP contribution in [0.4, 0.5) is 0 Å². The lowest BCUT2D eigenvalue weighted by atomic mass is 9.86. The van der Waals surface area contributed by atoms with Gasteiger partial charge in [-0.25, -0.2) is 15.0 Å². The molecule has 2 aromatic heterocycles. The molecule has 0 radical (unpaired) electrons. The largest absolute Gasteiger partial charge is 0.486 e. The Morgan fingerprint density at radius 3 is 2.92 bits per heavy atom. The summed E-state index contributed by atoms with van der Waals surface area (Å²) in [6, 6.07) is 7.90. The first kappa shape index (κ1) is 25.4. The maximum absolute atomic E-state index is 12.7. The van der Waals surface area contributed by atoms with Crippen molar-refractivity contribution in [2.45, 2.75) is 64.2 Å². The number of nitrogens with zero attached hydrogens (tertiary/aromatic N) is 4. The summed E-state index contributed by atoms with van der Waals surface area (Å²) in [5.41, 5.74) is 3.76.